The van der Waals surface area contributed by atoms with Gasteiger partial charge in [-0.25, -0.2) is 18.0 Å². The predicted molar refractivity (Wildman–Crippen MR) is 101 cm³/mol. The van der Waals surface area contributed by atoms with Crippen molar-refractivity contribution < 1.29 is 27.5 Å². The first-order valence-electron chi connectivity index (χ1n) is 8.52. The molecule has 0 saturated heterocycles. The van der Waals surface area contributed by atoms with Crippen molar-refractivity contribution in [2.24, 2.45) is 0 Å². The number of nitrogens with zero attached hydrogens (tertiary/aromatic N) is 1. The average molecular weight is 395 g/mol. The van der Waals surface area contributed by atoms with Crippen LogP contribution in [-0.2, 0) is 19.3 Å². The van der Waals surface area contributed by atoms with Crippen LogP contribution in [0.3, 0.4) is 0 Å². The number of methoxy groups -OCH3 is 1. The molecule has 0 bridgehead atoms. The number of esters is 1. The van der Waals surface area contributed by atoms with Gasteiger partial charge in [-0.2, -0.15) is 0 Å². The van der Waals surface area contributed by atoms with Gasteiger partial charge in [0.25, 0.3) is 0 Å². The molecule has 0 spiro atoms. The Hall–Kier alpha value is -2.35. The van der Waals surface area contributed by atoms with Gasteiger partial charge in [0, 0.05) is 19.3 Å². The lowest BCUT2D eigenvalue weighted by Gasteiger charge is -2.30. The summed E-state index contributed by atoms with van der Waals surface area (Å²) >= 11 is 0. The monoisotopic (exact) mass is 395 g/mol. The fourth-order valence-corrected chi connectivity index (χ4v) is 3.68. The quantitative estimate of drug-likeness (QED) is 0.731. The Bertz CT molecular complexity index is 880. The first-order chi connectivity index (χ1) is 12.4. The normalized spacial score (nSPS) is 15.1. The Labute approximate surface area is 159 Å². The minimum Gasteiger partial charge on any atom is -0.465 e. The van der Waals surface area contributed by atoms with Crippen LogP contribution in [0, 0.1) is 0 Å². The Kier molecular flexibility index (Phi) is 5.99. The van der Waals surface area contributed by atoms with Crippen LogP contribution in [0.4, 0.5) is 4.79 Å². The highest BCUT2D eigenvalue weighted by Crippen LogP contribution is 2.30. The van der Waals surface area contributed by atoms with Crippen molar-refractivity contribution in [3.8, 4) is 0 Å². The lowest BCUT2D eigenvalue weighted by molar-refractivity contribution is 0.0270. The molecule has 148 valence electrons. The number of rotatable bonds is 3. The minimum atomic E-state index is -3.55. The second-order valence-electron chi connectivity index (χ2n) is 7.38. The molecule has 8 heteroatoms. The van der Waals surface area contributed by atoms with E-state index in [9.17, 15) is 18.0 Å². The van der Waals surface area contributed by atoms with Gasteiger partial charge < -0.3 is 14.4 Å². The van der Waals surface area contributed by atoms with Crippen LogP contribution >= 0.6 is 0 Å². The molecule has 0 radical (unpaired) electrons. The molecular formula is C19H25NO6S. The van der Waals surface area contributed by atoms with Crippen molar-refractivity contribution in [1.29, 1.82) is 0 Å². The van der Waals surface area contributed by atoms with E-state index in [-0.39, 0.29) is 10.5 Å². The molecule has 1 heterocycles. The molecule has 2 rings (SSSR count). The van der Waals surface area contributed by atoms with Crippen LogP contribution in [-0.4, -0.2) is 57.4 Å². The summed E-state index contributed by atoms with van der Waals surface area (Å²) < 4.78 is 34.5. The maximum absolute atomic E-state index is 12.2. The number of benzene rings is 1. The topological polar surface area (TPSA) is 90.0 Å². The van der Waals surface area contributed by atoms with Crippen LogP contribution in [0.2, 0.25) is 0 Å². The van der Waals surface area contributed by atoms with Gasteiger partial charge in [0.1, 0.15) is 5.60 Å². The third-order valence-electron chi connectivity index (χ3n) is 4.01. The Morgan fingerprint density at radius 1 is 1.19 bits per heavy atom. The maximum Gasteiger partial charge on any atom is 0.410 e. The molecule has 0 atom stereocenters. The van der Waals surface area contributed by atoms with E-state index in [0.717, 1.165) is 11.8 Å². The lowest BCUT2D eigenvalue weighted by Crippen LogP contribution is -2.39. The summed E-state index contributed by atoms with van der Waals surface area (Å²) in [5, 5.41) is 0. The summed E-state index contributed by atoms with van der Waals surface area (Å²) in [6.07, 6.45) is 3.00. The number of carbonyl (C=O) groups is 2. The molecule has 1 amide bonds. The highest BCUT2D eigenvalue weighted by Gasteiger charge is 2.26. The molecule has 0 aromatic heterocycles. The van der Waals surface area contributed by atoms with Gasteiger partial charge in [-0.3, -0.25) is 0 Å². The van der Waals surface area contributed by atoms with E-state index in [4.69, 9.17) is 4.74 Å². The van der Waals surface area contributed by atoms with Crippen molar-refractivity contribution in [1.82, 2.24) is 4.90 Å². The maximum atomic E-state index is 12.2. The second-order valence-corrected chi connectivity index (χ2v) is 9.36. The van der Waals surface area contributed by atoms with Crippen LogP contribution in [0.1, 0.15) is 43.1 Å². The number of ether oxygens (including phenoxy) is 2. The number of hydrogen-bond acceptors (Lipinski definition) is 6. The zero-order valence-electron chi connectivity index (χ0n) is 16.2. The van der Waals surface area contributed by atoms with Crippen LogP contribution < -0.4 is 0 Å². The first-order valence-corrected chi connectivity index (χ1v) is 10.4. The van der Waals surface area contributed by atoms with Crippen molar-refractivity contribution in [2.45, 2.75) is 37.7 Å². The Morgan fingerprint density at radius 3 is 2.33 bits per heavy atom. The number of sulfone groups is 1. The zero-order valence-corrected chi connectivity index (χ0v) is 17.1. The van der Waals surface area contributed by atoms with Gasteiger partial charge in [-0.15, -0.1) is 0 Å². The number of hydrogen-bond donors (Lipinski definition) is 0. The van der Waals surface area contributed by atoms with Crippen molar-refractivity contribution in [3.05, 3.63) is 35.4 Å². The van der Waals surface area contributed by atoms with Gasteiger partial charge in [0.15, 0.2) is 9.84 Å². The van der Waals surface area contributed by atoms with Crippen molar-refractivity contribution >= 4 is 27.5 Å². The molecule has 7 nitrogen and oxygen atoms in total. The Balaban J connectivity index is 2.31. The van der Waals surface area contributed by atoms with Gasteiger partial charge in [-0.1, -0.05) is 12.1 Å². The van der Waals surface area contributed by atoms with Crippen LogP contribution in [0.15, 0.2) is 29.2 Å². The number of carbonyl (C=O) groups excluding carboxylic acids is 2. The standard InChI is InChI=1S/C19H25NO6S/c1-19(2,3)26-18(22)20-10-8-13(9-11-20)15-7-6-14(17(21)25-4)12-16(15)27(5,23)24/h6-8,12H,9-11H2,1-5H3. The summed E-state index contributed by atoms with van der Waals surface area (Å²) in [7, 11) is -2.31. The molecule has 1 aliphatic rings. The van der Waals surface area contributed by atoms with E-state index in [0.29, 0.717) is 25.1 Å². The number of amides is 1. The summed E-state index contributed by atoms with van der Waals surface area (Å²) in [5.74, 6) is -0.597. The fraction of sp³-hybridized carbons (Fsp3) is 0.474. The lowest BCUT2D eigenvalue weighted by atomic mass is 9.98. The van der Waals surface area contributed by atoms with Gasteiger partial charge in [0.05, 0.1) is 17.6 Å². The van der Waals surface area contributed by atoms with E-state index in [2.05, 4.69) is 4.74 Å². The zero-order chi connectivity index (χ0) is 20.4. The van der Waals surface area contributed by atoms with E-state index >= 15 is 0 Å². The molecule has 0 saturated carbocycles. The minimum absolute atomic E-state index is 0.0716. The van der Waals surface area contributed by atoms with Gasteiger partial charge >= 0.3 is 12.1 Å². The highest BCUT2D eigenvalue weighted by atomic mass is 32.2. The molecule has 1 aromatic rings. The first kappa shape index (κ1) is 21.0. The van der Waals surface area contributed by atoms with Crippen molar-refractivity contribution in [2.75, 3.05) is 26.5 Å². The van der Waals surface area contributed by atoms with Gasteiger partial charge in [0.2, 0.25) is 0 Å². The summed E-state index contributed by atoms with van der Waals surface area (Å²) in [6.45, 7) is 6.15. The van der Waals surface area contributed by atoms with Crippen molar-refractivity contribution in [3.63, 3.8) is 0 Å². The van der Waals surface area contributed by atoms with E-state index in [1.54, 1.807) is 31.7 Å². The predicted octanol–water partition coefficient (Wildman–Crippen LogP) is 2.90. The van der Waals surface area contributed by atoms with E-state index in [1.807, 2.05) is 6.08 Å². The summed E-state index contributed by atoms with van der Waals surface area (Å²) in [4.78, 5) is 25.5. The summed E-state index contributed by atoms with van der Waals surface area (Å²) in [5.41, 5.74) is 0.947. The third-order valence-corrected chi connectivity index (χ3v) is 5.15. The largest absolute Gasteiger partial charge is 0.465 e. The van der Waals surface area contributed by atoms with E-state index < -0.39 is 27.5 Å². The molecule has 0 N–H and O–H groups in total. The van der Waals surface area contributed by atoms with E-state index in [1.165, 1.54) is 19.2 Å². The highest BCUT2D eigenvalue weighted by molar-refractivity contribution is 7.90. The molecule has 0 aliphatic carbocycles. The summed E-state index contributed by atoms with van der Waals surface area (Å²) in [6, 6.07) is 4.48. The fourth-order valence-electron chi connectivity index (χ4n) is 2.75. The van der Waals surface area contributed by atoms with Gasteiger partial charge in [-0.05, 0) is 50.5 Å². The molecule has 27 heavy (non-hydrogen) atoms. The average Bonchev–Trinajstić information content (AvgIpc) is 2.58. The molecular weight excluding hydrogens is 370 g/mol. The molecule has 0 unspecified atom stereocenters. The SMILES string of the molecule is COC(=O)c1ccc(C2=CCN(C(=O)OC(C)(C)C)CC2)c(S(C)(=O)=O)c1. The third kappa shape index (κ3) is 5.32. The van der Waals surface area contributed by atoms with Crippen LogP contribution in [0.5, 0.6) is 0 Å². The molecule has 0 fully saturated rings. The van der Waals surface area contributed by atoms with Crippen LogP contribution in [0.25, 0.3) is 5.57 Å². The smallest absolute Gasteiger partial charge is 0.410 e. The second kappa shape index (κ2) is 7.72. The Morgan fingerprint density at radius 2 is 1.85 bits per heavy atom. The molecule has 1 aliphatic heterocycles. The molecule has 1 aromatic carbocycles.